The molecule has 16 heavy (non-hydrogen) atoms. The van der Waals surface area contributed by atoms with Crippen molar-refractivity contribution in [1.82, 2.24) is 5.32 Å². The Morgan fingerprint density at radius 2 is 1.94 bits per heavy atom. The molecule has 7 heteroatoms. The number of carbonyl (C=O) groups is 3. The van der Waals surface area contributed by atoms with Crippen molar-refractivity contribution in [1.29, 1.82) is 0 Å². The zero-order valence-electron chi connectivity index (χ0n) is 9.10. The second-order valence-corrected chi connectivity index (χ2v) is 3.42. The van der Waals surface area contributed by atoms with Crippen molar-refractivity contribution in [2.75, 3.05) is 0 Å². The molecule has 92 valence electrons. The highest BCUT2D eigenvalue weighted by molar-refractivity contribution is 5.87. The van der Waals surface area contributed by atoms with E-state index in [9.17, 15) is 14.4 Å². The van der Waals surface area contributed by atoms with E-state index in [2.05, 4.69) is 5.32 Å². The Hall–Kier alpha value is -1.63. The van der Waals surface area contributed by atoms with Gasteiger partial charge in [0.15, 0.2) is 0 Å². The van der Waals surface area contributed by atoms with Crippen LogP contribution < -0.4 is 16.8 Å². The van der Waals surface area contributed by atoms with Crippen molar-refractivity contribution < 1.29 is 19.5 Å². The number of nitrogens with one attached hydrogen (secondary N) is 1. The van der Waals surface area contributed by atoms with E-state index in [-0.39, 0.29) is 12.8 Å². The van der Waals surface area contributed by atoms with Gasteiger partial charge < -0.3 is 21.9 Å². The third-order valence-corrected chi connectivity index (χ3v) is 2.07. The molecule has 0 saturated carbocycles. The van der Waals surface area contributed by atoms with Crippen LogP contribution in [0.25, 0.3) is 0 Å². The number of amides is 2. The number of nitrogens with two attached hydrogens (primary N) is 2. The number of rotatable bonds is 7. The summed E-state index contributed by atoms with van der Waals surface area (Å²) in [6.07, 6.45) is 0.277. The number of primary amides is 1. The first-order valence-corrected chi connectivity index (χ1v) is 4.95. The molecule has 2 amide bonds. The fourth-order valence-electron chi connectivity index (χ4n) is 1.01. The van der Waals surface area contributed by atoms with Crippen LogP contribution in [0.5, 0.6) is 0 Å². The van der Waals surface area contributed by atoms with Gasteiger partial charge in [-0.2, -0.15) is 0 Å². The fraction of sp³-hybridized carbons (Fsp3) is 0.667. The molecule has 0 aliphatic carbocycles. The molecule has 0 aromatic heterocycles. The van der Waals surface area contributed by atoms with Crippen molar-refractivity contribution in [2.45, 2.75) is 38.3 Å². The van der Waals surface area contributed by atoms with E-state index in [1.807, 2.05) is 0 Å². The minimum absolute atomic E-state index is 0.0349. The van der Waals surface area contributed by atoms with Crippen LogP contribution in [0.4, 0.5) is 0 Å². The van der Waals surface area contributed by atoms with Gasteiger partial charge in [-0.25, -0.2) is 4.79 Å². The van der Waals surface area contributed by atoms with Crippen LogP contribution in [0, 0.1) is 0 Å². The van der Waals surface area contributed by atoms with Crippen molar-refractivity contribution in [3.8, 4) is 0 Å². The number of aliphatic carboxylic acids is 1. The second kappa shape index (κ2) is 6.78. The van der Waals surface area contributed by atoms with E-state index < -0.39 is 29.9 Å². The maximum atomic E-state index is 11.3. The van der Waals surface area contributed by atoms with Crippen LogP contribution in [0.3, 0.4) is 0 Å². The summed E-state index contributed by atoms with van der Waals surface area (Å²) in [7, 11) is 0. The van der Waals surface area contributed by atoms with Gasteiger partial charge in [0.05, 0.1) is 6.04 Å². The maximum Gasteiger partial charge on any atom is 0.326 e. The van der Waals surface area contributed by atoms with Gasteiger partial charge in [0.1, 0.15) is 6.04 Å². The summed E-state index contributed by atoms with van der Waals surface area (Å²) in [6.45, 7) is 1.71. The lowest BCUT2D eigenvalue weighted by Gasteiger charge is -2.16. The van der Waals surface area contributed by atoms with E-state index in [0.717, 1.165) is 0 Å². The summed E-state index contributed by atoms with van der Waals surface area (Å²) in [6, 6.07) is -1.87. The Morgan fingerprint density at radius 3 is 2.31 bits per heavy atom. The Morgan fingerprint density at radius 1 is 1.38 bits per heavy atom. The average Bonchev–Trinajstić information content (AvgIpc) is 2.21. The Labute approximate surface area is 93.2 Å². The van der Waals surface area contributed by atoms with E-state index in [1.165, 1.54) is 0 Å². The van der Waals surface area contributed by atoms with Gasteiger partial charge in [0.25, 0.3) is 0 Å². The van der Waals surface area contributed by atoms with Crippen molar-refractivity contribution in [3.63, 3.8) is 0 Å². The highest BCUT2D eigenvalue weighted by Crippen LogP contribution is 1.98. The third kappa shape index (κ3) is 5.30. The van der Waals surface area contributed by atoms with E-state index in [1.54, 1.807) is 6.92 Å². The molecular formula is C9H17N3O4. The number of hydrogen-bond donors (Lipinski definition) is 4. The van der Waals surface area contributed by atoms with Crippen LogP contribution in [-0.4, -0.2) is 35.0 Å². The number of hydrogen-bond acceptors (Lipinski definition) is 4. The molecule has 0 spiro atoms. The topological polar surface area (TPSA) is 136 Å². The first kappa shape index (κ1) is 14.4. The molecule has 0 aromatic carbocycles. The lowest BCUT2D eigenvalue weighted by Crippen LogP contribution is -2.48. The minimum atomic E-state index is -1.21. The summed E-state index contributed by atoms with van der Waals surface area (Å²) < 4.78 is 0. The molecule has 1 unspecified atom stereocenters. The van der Waals surface area contributed by atoms with Gasteiger partial charge in [-0.3, -0.25) is 9.59 Å². The quantitative estimate of drug-likeness (QED) is 0.425. The Kier molecular flexibility index (Phi) is 6.09. The monoisotopic (exact) mass is 231 g/mol. The lowest BCUT2D eigenvalue weighted by molar-refractivity contribution is -0.142. The van der Waals surface area contributed by atoms with Gasteiger partial charge in [-0.1, -0.05) is 6.92 Å². The number of carbonyl (C=O) groups excluding carboxylic acids is 2. The van der Waals surface area contributed by atoms with E-state index in [4.69, 9.17) is 16.6 Å². The summed E-state index contributed by atoms with van der Waals surface area (Å²) in [5, 5.41) is 11.0. The van der Waals surface area contributed by atoms with Crippen LogP contribution in [0.15, 0.2) is 0 Å². The standard InChI is InChI=1S/C9H17N3O4/c1-2-5(10)8(14)12-6(9(15)16)3-4-7(11)13/h5-6H,2-4,10H2,1H3,(H2,11,13)(H,12,14)(H,15,16)/t5?,6-/m0/s1. The van der Waals surface area contributed by atoms with Crippen LogP contribution in [-0.2, 0) is 14.4 Å². The molecule has 0 aliphatic rings. The Balaban J connectivity index is 4.28. The Bertz CT molecular complexity index is 280. The highest BCUT2D eigenvalue weighted by Gasteiger charge is 2.22. The van der Waals surface area contributed by atoms with Gasteiger partial charge in [0.2, 0.25) is 11.8 Å². The number of carboxylic acids is 1. The van der Waals surface area contributed by atoms with Crippen LogP contribution in [0.2, 0.25) is 0 Å². The molecule has 0 fully saturated rings. The SMILES string of the molecule is CCC(N)C(=O)N[C@@H](CCC(N)=O)C(=O)O. The molecule has 2 atom stereocenters. The first-order valence-electron chi connectivity index (χ1n) is 4.95. The predicted molar refractivity (Wildman–Crippen MR) is 56.3 cm³/mol. The second-order valence-electron chi connectivity index (χ2n) is 3.42. The van der Waals surface area contributed by atoms with E-state index in [0.29, 0.717) is 6.42 Å². The van der Waals surface area contributed by atoms with Gasteiger partial charge >= 0.3 is 5.97 Å². The largest absolute Gasteiger partial charge is 0.480 e. The third-order valence-electron chi connectivity index (χ3n) is 2.07. The lowest BCUT2D eigenvalue weighted by atomic mass is 10.1. The molecular weight excluding hydrogens is 214 g/mol. The highest BCUT2D eigenvalue weighted by atomic mass is 16.4. The zero-order chi connectivity index (χ0) is 12.7. The smallest absolute Gasteiger partial charge is 0.326 e. The van der Waals surface area contributed by atoms with Crippen molar-refractivity contribution in [3.05, 3.63) is 0 Å². The van der Waals surface area contributed by atoms with Crippen LogP contribution >= 0.6 is 0 Å². The molecule has 0 heterocycles. The molecule has 0 radical (unpaired) electrons. The summed E-state index contributed by atoms with van der Waals surface area (Å²) in [5.41, 5.74) is 10.3. The fourth-order valence-corrected chi connectivity index (χ4v) is 1.01. The maximum absolute atomic E-state index is 11.3. The average molecular weight is 231 g/mol. The van der Waals surface area contributed by atoms with Gasteiger partial charge in [-0.05, 0) is 12.8 Å². The molecule has 0 rings (SSSR count). The molecule has 6 N–H and O–H groups in total. The number of carboxylic acid groups (broad SMARTS) is 1. The van der Waals surface area contributed by atoms with E-state index >= 15 is 0 Å². The molecule has 7 nitrogen and oxygen atoms in total. The predicted octanol–water partition coefficient (Wildman–Crippen LogP) is -1.44. The van der Waals surface area contributed by atoms with Gasteiger partial charge in [-0.15, -0.1) is 0 Å². The first-order chi connectivity index (χ1) is 7.38. The summed E-state index contributed by atoms with van der Waals surface area (Å²) in [5.74, 6) is -2.36. The van der Waals surface area contributed by atoms with Gasteiger partial charge in [0, 0.05) is 6.42 Å². The van der Waals surface area contributed by atoms with Crippen LogP contribution in [0.1, 0.15) is 26.2 Å². The summed E-state index contributed by atoms with van der Waals surface area (Å²) in [4.78, 5) is 32.6. The normalized spacial score (nSPS) is 13.9. The molecule has 0 saturated heterocycles. The van der Waals surface area contributed by atoms with Crippen molar-refractivity contribution >= 4 is 17.8 Å². The molecule has 0 bridgehead atoms. The molecule has 0 aromatic rings. The zero-order valence-corrected chi connectivity index (χ0v) is 9.10. The minimum Gasteiger partial charge on any atom is -0.480 e. The molecule has 0 aliphatic heterocycles. The summed E-state index contributed by atoms with van der Waals surface area (Å²) >= 11 is 0. The van der Waals surface area contributed by atoms with Crippen molar-refractivity contribution in [2.24, 2.45) is 11.5 Å².